The summed E-state index contributed by atoms with van der Waals surface area (Å²) in [4.78, 5) is 22.9. The maximum Gasteiger partial charge on any atom is 0.269 e. The minimum absolute atomic E-state index is 0.00283. The zero-order valence-electron chi connectivity index (χ0n) is 16.8. The van der Waals surface area contributed by atoms with Gasteiger partial charge >= 0.3 is 0 Å². The summed E-state index contributed by atoms with van der Waals surface area (Å²) in [6, 6.07) is 9.36. The number of hydrogen-bond acceptors (Lipinski definition) is 7. The topological polar surface area (TPSA) is 103 Å². The summed E-state index contributed by atoms with van der Waals surface area (Å²) in [5.41, 5.74) is 3.07. The molecule has 0 aliphatic heterocycles. The Morgan fingerprint density at radius 2 is 2.07 bits per heavy atom. The van der Waals surface area contributed by atoms with Crippen LogP contribution in [0.1, 0.15) is 25.8 Å². The van der Waals surface area contributed by atoms with Crippen LogP contribution in [0.2, 0.25) is 5.02 Å². The van der Waals surface area contributed by atoms with E-state index in [4.69, 9.17) is 21.1 Å². The number of nitro groups is 1. The van der Waals surface area contributed by atoms with Crippen molar-refractivity contribution in [3.63, 3.8) is 0 Å². The molecule has 0 spiro atoms. The summed E-state index contributed by atoms with van der Waals surface area (Å²) < 4.78 is 11.1. The normalized spacial score (nSPS) is 11.9. The number of hydrazone groups is 1. The molecule has 1 N–H and O–H groups in total. The molecule has 0 saturated heterocycles. The molecular weight excluding hydrogens is 430 g/mol. The predicted octanol–water partition coefficient (Wildman–Crippen LogP) is 4.68. The number of hydrogen-bond donors (Lipinski definition) is 1. The van der Waals surface area contributed by atoms with E-state index in [1.54, 1.807) is 24.3 Å². The number of halogens is 1. The number of non-ortho nitro benzene ring substituents is 1. The number of nitrogens with one attached hydrogen (secondary N) is 1. The Hall–Kier alpha value is -2.78. The monoisotopic (exact) mass is 451 g/mol. The summed E-state index contributed by atoms with van der Waals surface area (Å²) in [5, 5.41) is 15.0. The molecule has 2 aromatic rings. The number of rotatable bonds is 10. The average molecular weight is 452 g/mol. The van der Waals surface area contributed by atoms with Crippen LogP contribution in [0.3, 0.4) is 0 Å². The van der Waals surface area contributed by atoms with Crippen molar-refractivity contribution in [2.24, 2.45) is 5.10 Å². The third kappa shape index (κ3) is 6.93. The van der Waals surface area contributed by atoms with E-state index >= 15 is 0 Å². The third-order valence-electron chi connectivity index (χ3n) is 3.97. The Morgan fingerprint density at radius 3 is 2.67 bits per heavy atom. The molecule has 1 atom stereocenters. The van der Waals surface area contributed by atoms with Crippen molar-refractivity contribution < 1.29 is 19.2 Å². The lowest BCUT2D eigenvalue weighted by atomic mass is 10.2. The summed E-state index contributed by atoms with van der Waals surface area (Å²) >= 11 is 7.55. The summed E-state index contributed by atoms with van der Waals surface area (Å²) in [7, 11) is 1.52. The van der Waals surface area contributed by atoms with E-state index in [0.29, 0.717) is 22.1 Å². The lowest BCUT2D eigenvalue weighted by Gasteiger charge is -2.17. The molecule has 0 saturated carbocycles. The molecule has 1 unspecified atom stereocenters. The van der Waals surface area contributed by atoms with Gasteiger partial charge in [-0.15, -0.1) is 11.8 Å². The molecule has 2 rings (SSSR count). The van der Waals surface area contributed by atoms with E-state index in [1.807, 2.05) is 13.8 Å². The molecule has 10 heteroatoms. The molecule has 30 heavy (non-hydrogen) atoms. The maximum absolute atomic E-state index is 12.0. The quantitative estimate of drug-likeness (QED) is 0.243. The standard InChI is InChI=1S/C20H22ClN3O5S/c1-4-13(2)29-20-17(21)9-14(10-18(20)28-3)11-22-23-19(25)12-30-16-7-5-15(6-8-16)24(26)27/h5-11,13H,4,12H2,1-3H3,(H,23,25). The predicted molar refractivity (Wildman–Crippen MR) is 118 cm³/mol. The largest absolute Gasteiger partial charge is 0.493 e. The van der Waals surface area contributed by atoms with Gasteiger partial charge in [0.25, 0.3) is 5.69 Å². The number of amides is 1. The fourth-order valence-corrected chi connectivity index (χ4v) is 3.19. The van der Waals surface area contributed by atoms with Crippen molar-refractivity contribution >= 4 is 41.2 Å². The molecule has 0 aromatic heterocycles. The first kappa shape index (κ1) is 23.5. The van der Waals surface area contributed by atoms with Crippen molar-refractivity contribution in [3.05, 3.63) is 57.1 Å². The highest BCUT2D eigenvalue weighted by molar-refractivity contribution is 8.00. The Bertz CT molecular complexity index is 921. The zero-order valence-corrected chi connectivity index (χ0v) is 18.3. The lowest BCUT2D eigenvalue weighted by molar-refractivity contribution is -0.384. The van der Waals surface area contributed by atoms with Gasteiger partial charge < -0.3 is 9.47 Å². The van der Waals surface area contributed by atoms with E-state index in [-0.39, 0.29) is 23.5 Å². The molecule has 160 valence electrons. The lowest BCUT2D eigenvalue weighted by Crippen LogP contribution is -2.19. The molecule has 2 aromatic carbocycles. The van der Waals surface area contributed by atoms with Gasteiger partial charge in [-0.1, -0.05) is 18.5 Å². The van der Waals surface area contributed by atoms with Gasteiger partial charge in [-0.3, -0.25) is 14.9 Å². The van der Waals surface area contributed by atoms with Gasteiger partial charge in [-0.25, -0.2) is 5.43 Å². The number of benzene rings is 2. The number of ether oxygens (including phenoxy) is 2. The number of carbonyl (C=O) groups excluding carboxylic acids is 1. The summed E-state index contributed by atoms with van der Waals surface area (Å²) in [5.74, 6) is 0.740. The number of thioether (sulfide) groups is 1. The SMILES string of the molecule is CCC(C)Oc1c(Cl)cc(C=NNC(=O)CSc2ccc([N+](=O)[O-])cc2)cc1OC. The van der Waals surface area contributed by atoms with E-state index in [0.717, 1.165) is 11.3 Å². The van der Waals surface area contributed by atoms with Crippen LogP contribution in [0.4, 0.5) is 5.69 Å². The molecule has 0 bridgehead atoms. The summed E-state index contributed by atoms with van der Waals surface area (Å²) in [6.45, 7) is 3.95. The van der Waals surface area contributed by atoms with Crippen LogP contribution in [0.5, 0.6) is 11.5 Å². The average Bonchev–Trinajstić information content (AvgIpc) is 2.73. The fraction of sp³-hybridized carbons (Fsp3) is 0.300. The molecule has 0 fully saturated rings. The van der Waals surface area contributed by atoms with Crippen molar-refractivity contribution in [2.45, 2.75) is 31.3 Å². The van der Waals surface area contributed by atoms with E-state index in [1.165, 1.54) is 37.2 Å². The molecule has 0 aliphatic rings. The minimum atomic E-state index is -0.472. The second kappa shape index (κ2) is 11.4. The molecule has 8 nitrogen and oxygen atoms in total. The van der Waals surface area contributed by atoms with Gasteiger partial charge in [-0.05, 0) is 43.2 Å². The second-order valence-corrected chi connectivity index (χ2v) is 7.66. The summed E-state index contributed by atoms with van der Waals surface area (Å²) in [6.07, 6.45) is 2.27. The van der Waals surface area contributed by atoms with E-state index in [2.05, 4.69) is 10.5 Å². The molecule has 0 radical (unpaired) electrons. The Labute approximate surface area is 183 Å². The zero-order chi connectivity index (χ0) is 22.1. The molecule has 1 amide bonds. The van der Waals surface area contributed by atoms with Crippen LogP contribution in [-0.2, 0) is 4.79 Å². The third-order valence-corrected chi connectivity index (χ3v) is 5.26. The van der Waals surface area contributed by atoms with Crippen LogP contribution >= 0.6 is 23.4 Å². The van der Waals surface area contributed by atoms with Crippen molar-refractivity contribution in [2.75, 3.05) is 12.9 Å². The number of nitrogens with zero attached hydrogens (tertiary/aromatic N) is 2. The highest BCUT2D eigenvalue weighted by Crippen LogP contribution is 2.37. The van der Waals surface area contributed by atoms with Gasteiger partial charge in [0.2, 0.25) is 5.91 Å². The highest BCUT2D eigenvalue weighted by atomic mass is 35.5. The van der Waals surface area contributed by atoms with Gasteiger partial charge in [-0.2, -0.15) is 5.10 Å². The molecule has 0 heterocycles. The number of methoxy groups -OCH3 is 1. The maximum atomic E-state index is 12.0. The Balaban J connectivity index is 1.93. The van der Waals surface area contributed by atoms with E-state index in [9.17, 15) is 14.9 Å². The van der Waals surface area contributed by atoms with E-state index < -0.39 is 4.92 Å². The van der Waals surface area contributed by atoms with Crippen molar-refractivity contribution in [3.8, 4) is 11.5 Å². The van der Waals surface area contributed by atoms with Crippen LogP contribution in [0, 0.1) is 10.1 Å². The number of carbonyl (C=O) groups is 1. The second-order valence-electron chi connectivity index (χ2n) is 6.20. The first-order chi connectivity index (χ1) is 14.3. The van der Waals surface area contributed by atoms with Crippen LogP contribution in [0.25, 0.3) is 0 Å². The fourth-order valence-electron chi connectivity index (χ4n) is 2.24. The van der Waals surface area contributed by atoms with Crippen molar-refractivity contribution in [1.29, 1.82) is 0 Å². The number of nitro benzene ring substituents is 1. The van der Waals surface area contributed by atoms with Crippen LogP contribution in [0.15, 0.2) is 46.4 Å². The van der Waals surface area contributed by atoms with Crippen LogP contribution in [-0.4, -0.2) is 36.0 Å². The van der Waals surface area contributed by atoms with Gasteiger partial charge in [0, 0.05) is 17.0 Å². The molecule has 0 aliphatic carbocycles. The minimum Gasteiger partial charge on any atom is -0.493 e. The van der Waals surface area contributed by atoms with Gasteiger partial charge in [0.05, 0.1) is 35.1 Å². The van der Waals surface area contributed by atoms with Crippen molar-refractivity contribution in [1.82, 2.24) is 5.43 Å². The Kier molecular flexibility index (Phi) is 8.94. The Morgan fingerprint density at radius 1 is 1.37 bits per heavy atom. The first-order valence-corrected chi connectivity index (χ1v) is 10.4. The van der Waals surface area contributed by atoms with Gasteiger partial charge in [0.15, 0.2) is 11.5 Å². The van der Waals surface area contributed by atoms with Crippen LogP contribution < -0.4 is 14.9 Å². The smallest absolute Gasteiger partial charge is 0.269 e. The highest BCUT2D eigenvalue weighted by Gasteiger charge is 2.14. The van der Waals surface area contributed by atoms with Gasteiger partial charge in [0.1, 0.15) is 0 Å². The molecular formula is C20H22ClN3O5S. The first-order valence-electron chi connectivity index (χ1n) is 9.07.